The van der Waals surface area contributed by atoms with Crippen molar-refractivity contribution >= 4 is 119 Å². The van der Waals surface area contributed by atoms with Crippen LogP contribution in [0, 0.1) is 5.92 Å². The van der Waals surface area contributed by atoms with E-state index in [-0.39, 0.29) is 6.10 Å². The predicted molar refractivity (Wildman–Crippen MR) is 528 cm³/mol. The van der Waals surface area contributed by atoms with Gasteiger partial charge >= 0.3 is 10.1 Å². The van der Waals surface area contributed by atoms with Gasteiger partial charge in [0.15, 0.2) is 32.0 Å². The number of unbranched alkanes of at least 4 members (excludes halogenated alkanes) is 4. The van der Waals surface area contributed by atoms with Gasteiger partial charge < -0.3 is 0 Å². The molecule has 1 aliphatic heterocycles. The van der Waals surface area contributed by atoms with E-state index in [2.05, 4.69) is 211 Å². The second kappa shape index (κ2) is 49.7. The van der Waals surface area contributed by atoms with Gasteiger partial charge in [-0.1, -0.05) is 266 Å². The van der Waals surface area contributed by atoms with E-state index in [0.29, 0.717) is 31.5 Å². The molecule has 2 fully saturated rings. The number of thiazole rings is 1. The van der Waals surface area contributed by atoms with E-state index in [1.165, 1.54) is 146 Å². The van der Waals surface area contributed by atoms with Crippen LogP contribution >= 0.6 is 11.3 Å². The minimum absolute atomic E-state index is 0.246. The summed E-state index contributed by atoms with van der Waals surface area (Å²) in [5.41, 5.74) is 9.97. The lowest BCUT2D eigenvalue weighted by atomic mass is 9.98. The van der Waals surface area contributed by atoms with E-state index in [9.17, 15) is 8.42 Å². The predicted octanol–water partition coefficient (Wildman–Crippen LogP) is 21.2. The highest BCUT2D eigenvalue weighted by molar-refractivity contribution is 7.87. The number of rotatable bonds is 28. The Morgan fingerprint density at radius 3 is 1.70 bits per heavy atom. The van der Waals surface area contributed by atoms with Crippen molar-refractivity contribution in [2.45, 2.75) is 187 Å². The molecular formula is C112H128N8O10S2+8. The lowest BCUT2D eigenvalue weighted by Crippen LogP contribution is -2.49. The van der Waals surface area contributed by atoms with Crippen molar-refractivity contribution < 1.29 is 84.4 Å². The zero-order valence-corrected chi connectivity index (χ0v) is 78.9. The topological polar surface area (TPSA) is 138 Å². The third-order valence-electron chi connectivity index (χ3n) is 24.1. The van der Waals surface area contributed by atoms with Crippen LogP contribution in [0.25, 0.3) is 86.0 Å². The molecule has 7 heterocycles. The van der Waals surface area contributed by atoms with Crippen LogP contribution in [-0.4, -0.2) is 63.8 Å². The highest BCUT2D eigenvalue weighted by Crippen LogP contribution is 2.31. The number of benzene rings is 11. The van der Waals surface area contributed by atoms with Crippen LogP contribution in [0.3, 0.4) is 0 Å². The zero-order chi connectivity index (χ0) is 91.3. The second-order valence-corrected chi connectivity index (χ2v) is 36.3. The summed E-state index contributed by atoms with van der Waals surface area (Å²) in [7, 11) is -2.01. The summed E-state index contributed by atoms with van der Waals surface area (Å²) >= 11 is 1.67. The van der Waals surface area contributed by atoms with E-state index in [4.69, 9.17) is 38.1 Å². The standard InChI is InChI=1S/C21H26NO.C19H20NO3S.C19H22NO.C14H18NO.C13H16N2O2.C13H10NOS.C13H16NO/c1-3-5-10-17(4-2)16-23-22-20-13-8-6-11-18(20)15-19-12-7-9-14-21(19)22;21-24(22,16-8-2-1-3-9-16)23-20-14-6-11-18-17-10-5-4-7-15(17)12-13-19(18)20;1-2-3-4-7-14-21-20-13-12-19-17(15-20)11-10-16-8-5-6-9-18(16)19;1-2-7-13(8-3-1)16-15-11-10-12-6-4-5-9-14(12)15;1-16-14-8-10-15(11-9-14)17-12-7-13-5-3-2-4-6-13;1-2-6-11(7-3-1)15-14-10-16-13-9-5-4-8-12(13)14;1-3-11(2)15-14-9-8-12-6-4-5-7-13(12)10-14/h6-9,11-15,17H,3-5,10,16H2,1-2H3;4-7,10-14,16H,1-3,8-9H2;5-6,8-13,15H,2-4,7,14H2,1H3;4-6,9,11,13H,1-3,7-8,10H2;2-6,8-11H,7,12H2,1H3;1-10H;4-11H,3H2,1-2H3/q4*+1;+2;2*+1. The van der Waals surface area contributed by atoms with Crippen molar-refractivity contribution in [3.05, 3.63) is 358 Å². The number of para-hydroxylation sites is 5. The van der Waals surface area contributed by atoms with Crippen molar-refractivity contribution in [2.75, 3.05) is 26.9 Å². The molecule has 0 spiro atoms. The molecule has 2 unspecified atom stereocenters. The first kappa shape index (κ1) is 94.9. The molecule has 0 N–H and O–H groups in total. The summed E-state index contributed by atoms with van der Waals surface area (Å²) < 4.78 is 46.0. The van der Waals surface area contributed by atoms with E-state index < -0.39 is 15.4 Å². The Morgan fingerprint density at radius 1 is 0.432 bits per heavy atom. The second-order valence-electron chi connectivity index (χ2n) is 33.6. The van der Waals surface area contributed by atoms with E-state index in [1.807, 2.05) is 160 Å². The fourth-order valence-electron chi connectivity index (χ4n) is 16.5. The third-order valence-corrected chi connectivity index (χ3v) is 26.7. The average molecular weight is 1810 g/mol. The number of fused-ring (bicyclic) bond motifs is 11. The van der Waals surface area contributed by atoms with Gasteiger partial charge in [0.1, 0.15) is 17.1 Å². The lowest BCUT2D eigenvalue weighted by molar-refractivity contribution is -0.931. The van der Waals surface area contributed by atoms with Gasteiger partial charge in [-0.25, -0.2) is 4.84 Å². The van der Waals surface area contributed by atoms with Crippen molar-refractivity contribution in [3.63, 3.8) is 0 Å². The first-order valence-corrected chi connectivity index (χ1v) is 49.6. The minimum atomic E-state index is -3.62. The molecule has 17 aromatic rings. The maximum Gasteiger partial charge on any atom is 0.370 e. The molecule has 0 amide bonds. The molecular weight excluding hydrogens is 1680 g/mol. The molecule has 6 aromatic heterocycles. The molecule has 0 radical (unpaired) electrons. The maximum absolute atomic E-state index is 12.6. The Morgan fingerprint density at radius 2 is 1.00 bits per heavy atom. The first-order valence-electron chi connectivity index (χ1n) is 47.3. The van der Waals surface area contributed by atoms with Crippen molar-refractivity contribution in [3.8, 4) is 5.75 Å². The summed E-state index contributed by atoms with van der Waals surface area (Å²) in [5, 5.41) is 12.7. The van der Waals surface area contributed by atoms with Crippen LogP contribution in [0.1, 0.15) is 168 Å². The quantitative estimate of drug-likeness (QED) is 0.0202. The van der Waals surface area contributed by atoms with Crippen LogP contribution in [-0.2, 0) is 27.8 Å². The van der Waals surface area contributed by atoms with Gasteiger partial charge in [-0.3, -0.25) is 29.0 Å². The lowest BCUT2D eigenvalue weighted by Gasteiger charge is -2.18. The zero-order valence-electron chi connectivity index (χ0n) is 77.2. The number of hydrogen-bond donors (Lipinski definition) is 0. The Hall–Kier alpha value is -13.2. The molecule has 18 nitrogen and oxygen atoms in total. The number of aromatic nitrogens is 7. The smallest absolute Gasteiger partial charge is 0.274 e. The van der Waals surface area contributed by atoms with Gasteiger partial charge in [0.2, 0.25) is 42.9 Å². The summed E-state index contributed by atoms with van der Waals surface area (Å²) in [6.07, 6.45) is 43.3. The molecule has 680 valence electrons. The van der Waals surface area contributed by atoms with E-state index in [1.54, 1.807) is 68.4 Å². The molecule has 3 aliphatic rings. The van der Waals surface area contributed by atoms with Crippen LogP contribution in [0.15, 0.2) is 346 Å². The molecule has 0 saturated heterocycles. The van der Waals surface area contributed by atoms with E-state index >= 15 is 0 Å². The van der Waals surface area contributed by atoms with Gasteiger partial charge in [-0.2, -0.15) is 8.42 Å². The van der Waals surface area contributed by atoms with Crippen LogP contribution in [0.2, 0.25) is 0 Å². The summed E-state index contributed by atoms with van der Waals surface area (Å²) in [4.78, 5) is 40.1. The van der Waals surface area contributed by atoms with Crippen LogP contribution < -0.4 is 66.4 Å². The Balaban J connectivity index is 0.000000125. The molecule has 0 bridgehead atoms. The van der Waals surface area contributed by atoms with Crippen LogP contribution in [0.5, 0.6) is 5.75 Å². The number of pyridine rings is 4. The summed E-state index contributed by atoms with van der Waals surface area (Å²) in [6.45, 7) is 13.1. The fraction of sp³-hybridized carbons (Fsp3) is 0.304. The third kappa shape index (κ3) is 27.0. The Kier molecular flexibility index (Phi) is 35.8. The summed E-state index contributed by atoms with van der Waals surface area (Å²) in [6, 6.07) is 96.9. The molecule has 20 rings (SSSR count). The number of hydrogen-bond acceptors (Lipinski definition) is 11. The fourth-order valence-corrected chi connectivity index (χ4v) is 18.7. The van der Waals surface area contributed by atoms with Gasteiger partial charge in [0.05, 0.1) is 33.4 Å². The van der Waals surface area contributed by atoms with Crippen molar-refractivity contribution in [1.82, 2.24) is 0 Å². The van der Waals surface area contributed by atoms with Gasteiger partial charge in [-0.05, 0) is 177 Å². The highest BCUT2D eigenvalue weighted by atomic mass is 32.2. The monoisotopic (exact) mass is 1810 g/mol. The average Bonchev–Trinajstić information content (AvgIpc) is 0.861. The Labute approximate surface area is 781 Å². The molecule has 2 atom stereocenters. The first-order chi connectivity index (χ1) is 64.9. The van der Waals surface area contributed by atoms with Gasteiger partial charge in [0.25, 0.3) is 58.1 Å². The van der Waals surface area contributed by atoms with Crippen molar-refractivity contribution in [2.24, 2.45) is 5.92 Å². The Bertz CT molecular complexity index is 6560. The van der Waals surface area contributed by atoms with Crippen molar-refractivity contribution in [1.29, 1.82) is 0 Å². The van der Waals surface area contributed by atoms with Crippen LogP contribution in [0.4, 0.5) is 5.69 Å². The highest BCUT2D eigenvalue weighted by Gasteiger charge is 2.34. The minimum Gasteiger partial charge on any atom is -0.274 e. The van der Waals surface area contributed by atoms with E-state index in [0.717, 1.165) is 102 Å². The molecule has 2 saturated carbocycles. The number of nitrogens with zero attached hydrogens (tertiary/aromatic N) is 8. The summed E-state index contributed by atoms with van der Waals surface area (Å²) in [5.74, 6) is 1.47. The molecule has 11 aromatic carbocycles. The molecule has 20 heteroatoms. The van der Waals surface area contributed by atoms with Gasteiger partial charge in [-0.15, -0.1) is 4.28 Å². The normalized spacial score (nSPS) is 13.4. The molecule has 132 heavy (non-hydrogen) atoms. The largest absolute Gasteiger partial charge is 0.370 e. The maximum atomic E-state index is 12.6. The van der Waals surface area contributed by atoms with Gasteiger partial charge in [0, 0.05) is 104 Å². The SMILES string of the molecule is C1=[N+](OC2CCCCC2)c2ccccc2C1.CCC(C)O[n+]1ccc2ccccc2c1.CCCCC(CC)CO[n+]1c2ccccc2cc2ccccc21.CCCCCCO[n+]1ccc2c(ccc3ccccc32)c1.CO[n+]1cc[n+](OCCc2ccccc2)cc1.O=S(=O)(O[n+]1cccc2c3ccccc3ccc21)C1CCCCC1.c1ccc(O[n+]2csc3ccccc32)cc1. The molecule has 2 aliphatic carbocycles.